The van der Waals surface area contributed by atoms with E-state index >= 15 is 0 Å². The van der Waals surface area contributed by atoms with Crippen LogP contribution < -0.4 is 5.73 Å². The first-order valence-electron chi connectivity index (χ1n) is 7.26. The maximum absolute atomic E-state index is 12.7. The molecule has 2 N–H and O–H groups in total. The zero-order valence-corrected chi connectivity index (χ0v) is 12.5. The number of nitrogens with two attached hydrogens (primary N) is 1. The van der Waals surface area contributed by atoms with E-state index in [-0.39, 0.29) is 23.2 Å². The fourth-order valence-corrected chi connectivity index (χ4v) is 2.64. The molecule has 1 unspecified atom stereocenters. The van der Waals surface area contributed by atoms with Gasteiger partial charge in [0.2, 0.25) is 0 Å². The summed E-state index contributed by atoms with van der Waals surface area (Å²) in [5.74, 6) is -0.808. The maximum atomic E-state index is 12.7. The highest BCUT2D eigenvalue weighted by Gasteiger charge is 2.29. The molecule has 0 bridgehead atoms. The zero-order chi connectivity index (χ0) is 16.4. The lowest BCUT2D eigenvalue weighted by Crippen LogP contribution is -2.31. The predicted octanol–water partition coefficient (Wildman–Crippen LogP) is 0.245. The molecule has 2 amide bonds. The highest BCUT2D eigenvalue weighted by molar-refractivity contribution is 5.99. The minimum atomic E-state index is -0.629. The molecule has 0 spiro atoms. The van der Waals surface area contributed by atoms with Crippen LogP contribution in [0, 0.1) is 0 Å². The summed E-state index contributed by atoms with van der Waals surface area (Å²) >= 11 is 0. The van der Waals surface area contributed by atoms with Gasteiger partial charge < -0.3 is 15.4 Å². The average molecular weight is 315 g/mol. The second kappa shape index (κ2) is 6.17. The Balaban J connectivity index is 1.84. The molecule has 1 fully saturated rings. The highest BCUT2D eigenvalue weighted by Crippen LogP contribution is 2.17. The SMILES string of the molecule is C=CCOC1CCN(C(=O)c2ccnc3c(C(N)=O)cnn23)C1. The number of carbonyl (C=O) groups excluding carboxylic acids is 2. The molecule has 1 aliphatic rings. The van der Waals surface area contributed by atoms with Crippen LogP contribution in [0.15, 0.2) is 31.1 Å². The zero-order valence-electron chi connectivity index (χ0n) is 12.5. The molecule has 1 atom stereocenters. The van der Waals surface area contributed by atoms with Crippen molar-refractivity contribution in [1.82, 2.24) is 19.5 Å². The summed E-state index contributed by atoms with van der Waals surface area (Å²) in [5.41, 5.74) is 6.09. The lowest BCUT2D eigenvalue weighted by Gasteiger charge is -2.16. The highest BCUT2D eigenvalue weighted by atomic mass is 16.5. The van der Waals surface area contributed by atoms with Crippen LogP contribution >= 0.6 is 0 Å². The number of amides is 2. The van der Waals surface area contributed by atoms with Crippen molar-refractivity contribution in [2.75, 3.05) is 19.7 Å². The van der Waals surface area contributed by atoms with E-state index < -0.39 is 5.91 Å². The van der Waals surface area contributed by atoms with E-state index in [1.54, 1.807) is 17.0 Å². The molecule has 8 heteroatoms. The molecule has 8 nitrogen and oxygen atoms in total. The maximum Gasteiger partial charge on any atom is 0.272 e. The number of fused-ring (bicyclic) bond motifs is 1. The first kappa shape index (κ1) is 15.2. The summed E-state index contributed by atoms with van der Waals surface area (Å²) in [6.45, 7) is 5.20. The molecule has 2 aromatic heterocycles. The molecule has 1 saturated heterocycles. The topological polar surface area (TPSA) is 103 Å². The van der Waals surface area contributed by atoms with Gasteiger partial charge in [-0.1, -0.05) is 6.08 Å². The van der Waals surface area contributed by atoms with Crippen molar-refractivity contribution in [2.45, 2.75) is 12.5 Å². The van der Waals surface area contributed by atoms with Crippen LogP contribution in [0.5, 0.6) is 0 Å². The van der Waals surface area contributed by atoms with Gasteiger partial charge in [-0.3, -0.25) is 9.59 Å². The third-order valence-electron chi connectivity index (χ3n) is 3.77. The monoisotopic (exact) mass is 315 g/mol. The van der Waals surface area contributed by atoms with E-state index in [0.29, 0.717) is 25.4 Å². The standard InChI is InChI=1S/C15H17N5O3/c1-2-7-23-10-4-6-19(9-10)15(22)12-3-5-17-14-11(13(16)21)8-18-20(12)14/h2-3,5,8,10H,1,4,6-7,9H2,(H2,16,21). The molecule has 3 rings (SSSR count). The summed E-state index contributed by atoms with van der Waals surface area (Å²) in [6.07, 6.45) is 5.26. The van der Waals surface area contributed by atoms with E-state index in [1.807, 2.05) is 0 Å². The van der Waals surface area contributed by atoms with Crippen LogP contribution in [0.2, 0.25) is 0 Å². The number of aromatic nitrogens is 3. The van der Waals surface area contributed by atoms with Gasteiger partial charge in [0.15, 0.2) is 5.65 Å². The number of carbonyl (C=O) groups is 2. The average Bonchev–Trinajstić information content (AvgIpc) is 3.18. The summed E-state index contributed by atoms with van der Waals surface area (Å²) in [6, 6.07) is 1.57. The van der Waals surface area contributed by atoms with Crippen molar-refractivity contribution in [3.63, 3.8) is 0 Å². The van der Waals surface area contributed by atoms with Crippen molar-refractivity contribution in [3.05, 3.63) is 42.4 Å². The van der Waals surface area contributed by atoms with Crippen LogP contribution in [0.1, 0.15) is 27.3 Å². The third kappa shape index (κ3) is 2.80. The Morgan fingerprint density at radius 3 is 3.09 bits per heavy atom. The van der Waals surface area contributed by atoms with E-state index in [0.717, 1.165) is 6.42 Å². The fraction of sp³-hybridized carbons (Fsp3) is 0.333. The van der Waals surface area contributed by atoms with E-state index in [1.165, 1.54) is 16.9 Å². The summed E-state index contributed by atoms with van der Waals surface area (Å²) in [4.78, 5) is 29.9. The number of nitrogens with zero attached hydrogens (tertiary/aromatic N) is 4. The van der Waals surface area contributed by atoms with Crippen molar-refractivity contribution >= 4 is 17.5 Å². The molecule has 3 heterocycles. The Labute approximate surface area is 132 Å². The summed E-state index contributed by atoms with van der Waals surface area (Å²) in [5, 5.41) is 4.06. The van der Waals surface area contributed by atoms with Crippen molar-refractivity contribution < 1.29 is 14.3 Å². The summed E-state index contributed by atoms with van der Waals surface area (Å²) < 4.78 is 6.93. The van der Waals surface area contributed by atoms with Crippen LogP contribution in [0.4, 0.5) is 0 Å². The second-order valence-corrected chi connectivity index (χ2v) is 5.27. The van der Waals surface area contributed by atoms with E-state index in [9.17, 15) is 9.59 Å². The molecule has 0 radical (unpaired) electrons. The number of likely N-dealkylation sites (tertiary alicyclic amines) is 1. The second-order valence-electron chi connectivity index (χ2n) is 5.27. The molecule has 23 heavy (non-hydrogen) atoms. The van der Waals surface area contributed by atoms with Gasteiger partial charge in [-0.15, -0.1) is 6.58 Å². The van der Waals surface area contributed by atoms with Crippen LogP contribution in [-0.4, -0.2) is 57.1 Å². The van der Waals surface area contributed by atoms with Gasteiger partial charge in [0, 0.05) is 19.3 Å². The molecular weight excluding hydrogens is 298 g/mol. The quantitative estimate of drug-likeness (QED) is 0.796. The first-order valence-corrected chi connectivity index (χ1v) is 7.26. The molecular formula is C15H17N5O3. The Morgan fingerprint density at radius 1 is 1.52 bits per heavy atom. The fourth-order valence-electron chi connectivity index (χ4n) is 2.64. The predicted molar refractivity (Wildman–Crippen MR) is 82.0 cm³/mol. The smallest absolute Gasteiger partial charge is 0.272 e. The Bertz CT molecular complexity index is 770. The number of hydrogen-bond donors (Lipinski definition) is 1. The van der Waals surface area contributed by atoms with Gasteiger partial charge in [0.1, 0.15) is 11.3 Å². The first-order chi connectivity index (χ1) is 11.1. The minimum Gasteiger partial charge on any atom is -0.372 e. The third-order valence-corrected chi connectivity index (χ3v) is 3.77. The van der Waals surface area contributed by atoms with Crippen LogP contribution in [0.3, 0.4) is 0 Å². The normalized spacial score (nSPS) is 17.6. The summed E-state index contributed by atoms with van der Waals surface area (Å²) in [7, 11) is 0. The van der Waals surface area contributed by atoms with Gasteiger partial charge in [-0.25, -0.2) is 9.50 Å². The van der Waals surface area contributed by atoms with Crippen LogP contribution in [-0.2, 0) is 4.74 Å². The minimum absolute atomic E-state index is 0.00748. The van der Waals surface area contributed by atoms with Gasteiger partial charge in [-0.2, -0.15) is 5.10 Å². The van der Waals surface area contributed by atoms with Gasteiger partial charge in [0.05, 0.1) is 18.9 Å². The van der Waals surface area contributed by atoms with Crippen molar-refractivity contribution in [2.24, 2.45) is 5.73 Å². The lowest BCUT2D eigenvalue weighted by atomic mass is 10.3. The van der Waals surface area contributed by atoms with Crippen LogP contribution in [0.25, 0.3) is 5.65 Å². The van der Waals surface area contributed by atoms with Crippen molar-refractivity contribution in [3.8, 4) is 0 Å². The molecule has 2 aromatic rings. The number of primary amides is 1. The van der Waals surface area contributed by atoms with Gasteiger partial charge in [-0.05, 0) is 12.5 Å². The number of rotatable bonds is 5. The van der Waals surface area contributed by atoms with E-state index in [2.05, 4.69) is 16.7 Å². The Morgan fingerprint density at radius 2 is 2.35 bits per heavy atom. The lowest BCUT2D eigenvalue weighted by molar-refractivity contribution is 0.0648. The van der Waals surface area contributed by atoms with Crippen molar-refractivity contribution in [1.29, 1.82) is 0 Å². The number of ether oxygens (including phenoxy) is 1. The Hall–Kier alpha value is -2.74. The Kier molecular flexibility index (Phi) is 4.07. The number of hydrogen-bond acceptors (Lipinski definition) is 5. The molecule has 0 aromatic carbocycles. The molecule has 120 valence electrons. The molecule has 0 saturated carbocycles. The van der Waals surface area contributed by atoms with Gasteiger partial charge >= 0.3 is 0 Å². The van der Waals surface area contributed by atoms with Gasteiger partial charge in [0.25, 0.3) is 11.8 Å². The largest absolute Gasteiger partial charge is 0.372 e. The molecule has 0 aliphatic carbocycles. The van der Waals surface area contributed by atoms with E-state index in [4.69, 9.17) is 10.5 Å². The molecule has 1 aliphatic heterocycles.